The van der Waals surface area contributed by atoms with E-state index in [1.807, 2.05) is 12.1 Å². The third kappa shape index (κ3) is 3.77. The molecule has 168 valence electrons. The maximum atomic E-state index is 15.5. The maximum Gasteiger partial charge on any atom is 0.413 e. The number of thiazole rings is 1. The summed E-state index contributed by atoms with van der Waals surface area (Å²) in [6.45, 7) is 0.150. The van der Waals surface area contributed by atoms with Crippen LogP contribution in [-0.2, 0) is 28.9 Å². The van der Waals surface area contributed by atoms with Gasteiger partial charge in [-0.15, -0.1) is 0 Å². The molecule has 1 amide bonds. The summed E-state index contributed by atoms with van der Waals surface area (Å²) in [6.07, 6.45) is 4.20. The Morgan fingerprint density at radius 2 is 2.12 bits per heavy atom. The highest BCUT2D eigenvalue weighted by atomic mass is 32.1. The molecule has 3 aromatic heterocycles. The molecular weight excluding hydrogens is 445 g/mol. The number of rotatable bonds is 5. The first kappa shape index (κ1) is 21.2. The number of benzene rings is 1. The van der Waals surface area contributed by atoms with Crippen LogP contribution in [0, 0.1) is 5.82 Å². The number of nitrogens with one attached hydrogen (secondary N) is 1. The van der Waals surface area contributed by atoms with Gasteiger partial charge in [-0.1, -0.05) is 23.5 Å². The number of hydrogen-bond acceptors (Lipinski definition) is 7. The van der Waals surface area contributed by atoms with Crippen molar-refractivity contribution in [1.82, 2.24) is 19.7 Å². The van der Waals surface area contributed by atoms with Crippen molar-refractivity contribution in [2.45, 2.75) is 19.4 Å². The predicted octanol–water partition coefficient (Wildman–Crippen LogP) is 4.62. The molecule has 0 aliphatic heterocycles. The van der Waals surface area contributed by atoms with E-state index in [4.69, 9.17) is 14.6 Å². The minimum Gasteiger partial charge on any atom is -0.453 e. The number of anilines is 1. The van der Waals surface area contributed by atoms with E-state index in [2.05, 4.69) is 15.3 Å². The Morgan fingerprint density at radius 3 is 2.88 bits per heavy atom. The molecule has 0 saturated carbocycles. The molecule has 1 N–H and O–H groups in total. The summed E-state index contributed by atoms with van der Waals surface area (Å²) in [7, 11) is 2.83. The second-order valence-corrected chi connectivity index (χ2v) is 8.42. The van der Waals surface area contributed by atoms with Crippen LogP contribution in [0.5, 0.6) is 0 Å². The van der Waals surface area contributed by atoms with E-state index in [0.29, 0.717) is 29.2 Å². The molecule has 5 rings (SSSR count). The zero-order valence-electron chi connectivity index (χ0n) is 18.0. The van der Waals surface area contributed by atoms with E-state index in [1.54, 1.807) is 35.3 Å². The first-order valence-electron chi connectivity index (χ1n) is 10.2. The van der Waals surface area contributed by atoms with Crippen molar-refractivity contribution < 1.29 is 18.7 Å². The summed E-state index contributed by atoms with van der Waals surface area (Å²) in [5.74, 6) is -0.396. The molecule has 0 fully saturated rings. The van der Waals surface area contributed by atoms with Gasteiger partial charge in [0.25, 0.3) is 0 Å². The Labute approximate surface area is 193 Å². The van der Waals surface area contributed by atoms with Crippen LogP contribution in [0.15, 0.2) is 42.7 Å². The fourth-order valence-electron chi connectivity index (χ4n) is 3.97. The molecule has 3 heterocycles. The van der Waals surface area contributed by atoms with Crippen LogP contribution in [-0.4, -0.2) is 40.1 Å². The van der Waals surface area contributed by atoms with Crippen molar-refractivity contribution >= 4 is 22.6 Å². The van der Waals surface area contributed by atoms with Crippen molar-refractivity contribution in [3.63, 3.8) is 0 Å². The van der Waals surface area contributed by atoms with E-state index in [1.165, 1.54) is 25.6 Å². The van der Waals surface area contributed by atoms with Crippen molar-refractivity contribution in [2.24, 2.45) is 0 Å². The monoisotopic (exact) mass is 465 g/mol. The summed E-state index contributed by atoms with van der Waals surface area (Å²) in [5.41, 5.74) is 4.93. The fraction of sp³-hybridized carbons (Fsp3) is 0.217. The lowest BCUT2D eigenvalue weighted by atomic mass is 9.95. The first-order valence-corrected chi connectivity index (χ1v) is 11.1. The summed E-state index contributed by atoms with van der Waals surface area (Å²) in [5, 5.41) is 7.89. The second-order valence-electron chi connectivity index (χ2n) is 7.42. The first-order chi connectivity index (χ1) is 16.1. The lowest BCUT2D eigenvalue weighted by Gasteiger charge is -2.15. The Kier molecular flexibility index (Phi) is 5.61. The molecule has 33 heavy (non-hydrogen) atoms. The van der Waals surface area contributed by atoms with Crippen LogP contribution in [0.25, 0.3) is 27.5 Å². The van der Waals surface area contributed by atoms with Gasteiger partial charge < -0.3 is 9.47 Å². The number of aryl methyl sites for hydroxylation is 1. The van der Waals surface area contributed by atoms with Gasteiger partial charge >= 0.3 is 6.09 Å². The molecule has 0 saturated heterocycles. The standard InChI is InChI=1S/C23H20FN5O3S/c1-31-12-14-5-3-7-17(18(14)24)29-20-15(19(28-29)13-6-4-10-25-11-13)8-9-16-21(20)33-22(26-16)27-23(30)32-2/h3-7,10-11H,8-9,12H2,1-2H3,(H,26,27,30). The molecule has 0 unspecified atom stereocenters. The van der Waals surface area contributed by atoms with Crippen LogP contribution in [0.2, 0.25) is 0 Å². The number of nitrogens with zero attached hydrogens (tertiary/aromatic N) is 4. The van der Waals surface area contributed by atoms with Crippen LogP contribution in [0.4, 0.5) is 14.3 Å². The fourth-order valence-corrected chi connectivity index (χ4v) is 5.02. The number of aromatic nitrogens is 4. The molecule has 0 atom stereocenters. The van der Waals surface area contributed by atoms with Gasteiger partial charge in [-0.05, 0) is 31.0 Å². The number of pyridine rings is 1. The van der Waals surface area contributed by atoms with Crippen molar-refractivity contribution in [3.05, 3.63) is 65.4 Å². The molecular formula is C23H20FN5O3S. The molecule has 0 radical (unpaired) electrons. The van der Waals surface area contributed by atoms with E-state index in [0.717, 1.165) is 33.1 Å². The normalized spacial score (nSPS) is 12.2. The van der Waals surface area contributed by atoms with Gasteiger partial charge in [-0.25, -0.2) is 18.9 Å². The zero-order valence-corrected chi connectivity index (χ0v) is 18.8. The molecule has 0 spiro atoms. The smallest absolute Gasteiger partial charge is 0.413 e. The van der Waals surface area contributed by atoms with Gasteiger partial charge in [-0.3, -0.25) is 10.3 Å². The van der Waals surface area contributed by atoms with E-state index >= 15 is 4.39 Å². The highest BCUT2D eigenvalue weighted by Crippen LogP contribution is 2.44. The molecule has 1 aliphatic carbocycles. The van der Waals surface area contributed by atoms with Crippen molar-refractivity contribution in [3.8, 4) is 27.5 Å². The molecule has 1 aliphatic rings. The average Bonchev–Trinajstić information content (AvgIpc) is 3.42. The summed E-state index contributed by atoms with van der Waals surface area (Å²) >= 11 is 1.31. The van der Waals surface area contributed by atoms with Gasteiger partial charge in [0.15, 0.2) is 10.9 Å². The number of methoxy groups -OCH3 is 2. The van der Waals surface area contributed by atoms with E-state index in [9.17, 15) is 4.79 Å². The van der Waals surface area contributed by atoms with Gasteiger partial charge in [-0.2, -0.15) is 5.10 Å². The maximum absolute atomic E-state index is 15.5. The number of fused-ring (bicyclic) bond motifs is 3. The van der Waals surface area contributed by atoms with Gasteiger partial charge in [0.1, 0.15) is 5.69 Å². The van der Waals surface area contributed by atoms with Gasteiger partial charge in [0.05, 0.1) is 35.7 Å². The summed E-state index contributed by atoms with van der Waals surface area (Å²) in [4.78, 5) is 21.3. The molecule has 1 aromatic carbocycles. The summed E-state index contributed by atoms with van der Waals surface area (Å²) < 4.78 is 27.0. The number of amides is 1. The number of halogens is 1. The largest absolute Gasteiger partial charge is 0.453 e. The highest BCUT2D eigenvalue weighted by Gasteiger charge is 2.31. The molecule has 0 bridgehead atoms. The number of hydrogen-bond donors (Lipinski definition) is 1. The second kappa shape index (κ2) is 8.72. The predicted molar refractivity (Wildman–Crippen MR) is 122 cm³/mol. The Balaban J connectivity index is 1.73. The van der Waals surface area contributed by atoms with Crippen molar-refractivity contribution in [2.75, 3.05) is 19.5 Å². The Bertz CT molecular complexity index is 1340. The topological polar surface area (TPSA) is 91.2 Å². The van der Waals surface area contributed by atoms with Crippen LogP contribution in [0.1, 0.15) is 16.8 Å². The van der Waals surface area contributed by atoms with Crippen LogP contribution < -0.4 is 5.32 Å². The van der Waals surface area contributed by atoms with E-state index < -0.39 is 11.9 Å². The minimum absolute atomic E-state index is 0.150. The van der Waals surface area contributed by atoms with Gasteiger partial charge in [0.2, 0.25) is 0 Å². The van der Waals surface area contributed by atoms with Crippen LogP contribution in [0.3, 0.4) is 0 Å². The molecule has 4 aromatic rings. The quantitative estimate of drug-likeness (QED) is 0.463. The number of ether oxygens (including phenoxy) is 2. The number of carbonyl (C=O) groups is 1. The Hall–Kier alpha value is -3.63. The average molecular weight is 466 g/mol. The summed E-state index contributed by atoms with van der Waals surface area (Å²) in [6, 6.07) is 8.95. The molecule has 8 nitrogen and oxygen atoms in total. The third-order valence-corrected chi connectivity index (χ3v) is 6.44. The third-order valence-electron chi connectivity index (χ3n) is 5.42. The number of carbonyl (C=O) groups excluding carboxylic acids is 1. The SMILES string of the molecule is COCc1cccc(-n2nc(-c3cccnc3)c3c2-c2sc(NC(=O)OC)nc2CC3)c1F. The highest BCUT2D eigenvalue weighted by molar-refractivity contribution is 7.19. The van der Waals surface area contributed by atoms with Crippen molar-refractivity contribution in [1.29, 1.82) is 0 Å². The van der Waals surface area contributed by atoms with Gasteiger partial charge in [0, 0.05) is 36.2 Å². The Morgan fingerprint density at radius 1 is 1.24 bits per heavy atom. The lowest BCUT2D eigenvalue weighted by molar-refractivity contribution is 0.181. The molecule has 10 heteroatoms. The lowest BCUT2D eigenvalue weighted by Crippen LogP contribution is -2.10. The zero-order chi connectivity index (χ0) is 22.9. The van der Waals surface area contributed by atoms with Crippen LogP contribution >= 0.6 is 11.3 Å². The van der Waals surface area contributed by atoms with E-state index in [-0.39, 0.29) is 6.61 Å². The minimum atomic E-state index is -0.593.